The van der Waals surface area contributed by atoms with Crippen molar-refractivity contribution in [3.8, 4) is 11.4 Å². The Morgan fingerprint density at radius 1 is 1.19 bits per heavy atom. The van der Waals surface area contributed by atoms with Gasteiger partial charge in [0.1, 0.15) is 0 Å². The van der Waals surface area contributed by atoms with E-state index in [2.05, 4.69) is 51.7 Å². The van der Waals surface area contributed by atoms with Gasteiger partial charge in [0.2, 0.25) is 11.7 Å². The van der Waals surface area contributed by atoms with Gasteiger partial charge in [-0.1, -0.05) is 42.6 Å². The zero-order valence-electron chi connectivity index (χ0n) is 15.7. The molecule has 0 bridgehead atoms. The Hall–Kier alpha value is -2.18. The van der Waals surface area contributed by atoms with Crippen molar-refractivity contribution in [2.45, 2.75) is 51.2 Å². The monoisotopic (exact) mass is 382 g/mol. The number of aromatic nitrogens is 2. The summed E-state index contributed by atoms with van der Waals surface area (Å²) in [4.78, 5) is 6.99. The zero-order chi connectivity index (χ0) is 18.5. The van der Waals surface area contributed by atoms with Crippen LogP contribution in [-0.4, -0.2) is 28.1 Å². The molecule has 0 amide bonds. The molecular formula is C21H26N4OS. The summed E-state index contributed by atoms with van der Waals surface area (Å²) in [6, 6.07) is 11.2. The van der Waals surface area contributed by atoms with Gasteiger partial charge in [-0.3, -0.25) is 4.90 Å². The third kappa shape index (κ3) is 4.57. The topological polar surface area (TPSA) is 54.2 Å². The predicted molar refractivity (Wildman–Crippen MR) is 110 cm³/mol. The largest absolute Gasteiger partial charge is 0.376 e. The number of rotatable bonds is 7. The molecule has 1 fully saturated rings. The highest BCUT2D eigenvalue weighted by Gasteiger charge is 2.19. The van der Waals surface area contributed by atoms with Gasteiger partial charge in [-0.15, -0.1) is 0 Å². The minimum absolute atomic E-state index is 0.529. The second-order valence-corrected chi connectivity index (χ2v) is 8.02. The summed E-state index contributed by atoms with van der Waals surface area (Å²) in [5.41, 5.74) is 3.45. The summed E-state index contributed by atoms with van der Waals surface area (Å²) in [7, 11) is 2.25. The fraction of sp³-hybridized carbons (Fsp3) is 0.429. The molecule has 27 heavy (non-hydrogen) atoms. The highest BCUT2D eigenvalue weighted by molar-refractivity contribution is 7.08. The van der Waals surface area contributed by atoms with Crippen LogP contribution in [0.5, 0.6) is 0 Å². The third-order valence-electron chi connectivity index (χ3n) is 5.31. The zero-order valence-corrected chi connectivity index (χ0v) is 16.5. The molecule has 142 valence electrons. The van der Waals surface area contributed by atoms with Crippen LogP contribution in [0.15, 0.2) is 45.6 Å². The van der Waals surface area contributed by atoms with E-state index in [1.54, 1.807) is 11.3 Å². The lowest BCUT2D eigenvalue weighted by Crippen LogP contribution is -2.33. The lowest BCUT2D eigenvalue weighted by atomic mass is 9.94. The third-order valence-corrected chi connectivity index (χ3v) is 6.00. The normalized spacial score (nSPS) is 15.3. The van der Waals surface area contributed by atoms with Gasteiger partial charge in [0.05, 0.1) is 6.54 Å². The number of nitrogens with zero attached hydrogens (tertiary/aromatic N) is 3. The van der Waals surface area contributed by atoms with E-state index in [9.17, 15) is 0 Å². The molecule has 2 heterocycles. The molecule has 0 spiro atoms. The number of benzene rings is 1. The van der Waals surface area contributed by atoms with Crippen LogP contribution in [0.25, 0.3) is 11.4 Å². The molecule has 0 unspecified atom stereocenters. The number of nitrogens with one attached hydrogen (secondary N) is 1. The Kier molecular flexibility index (Phi) is 5.84. The molecule has 1 aliphatic carbocycles. The van der Waals surface area contributed by atoms with Gasteiger partial charge in [-0.05, 0) is 43.0 Å². The van der Waals surface area contributed by atoms with Crippen molar-refractivity contribution in [1.82, 2.24) is 15.0 Å². The maximum Gasteiger partial charge on any atom is 0.246 e. The lowest BCUT2D eigenvalue weighted by Gasteiger charge is -2.31. The quantitative estimate of drug-likeness (QED) is 0.610. The Balaban J connectivity index is 1.39. The van der Waals surface area contributed by atoms with E-state index in [0.717, 1.165) is 17.8 Å². The van der Waals surface area contributed by atoms with Crippen molar-refractivity contribution >= 4 is 17.0 Å². The van der Waals surface area contributed by atoms with Crippen LogP contribution < -0.4 is 5.32 Å². The van der Waals surface area contributed by atoms with Crippen molar-refractivity contribution in [3.05, 3.63) is 52.5 Å². The molecule has 1 N–H and O–H groups in total. The maximum atomic E-state index is 5.40. The second-order valence-electron chi connectivity index (χ2n) is 7.24. The van der Waals surface area contributed by atoms with Crippen LogP contribution in [-0.2, 0) is 13.1 Å². The van der Waals surface area contributed by atoms with E-state index < -0.39 is 0 Å². The van der Waals surface area contributed by atoms with Gasteiger partial charge in [-0.2, -0.15) is 16.3 Å². The van der Waals surface area contributed by atoms with Crippen LogP contribution in [0.2, 0.25) is 0 Å². The molecule has 1 aliphatic rings. The van der Waals surface area contributed by atoms with E-state index in [0.29, 0.717) is 24.3 Å². The van der Waals surface area contributed by atoms with Crippen LogP contribution in [0, 0.1) is 0 Å². The molecule has 0 atom stereocenters. The summed E-state index contributed by atoms with van der Waals surface area (Å²) >= 11 is 1.63. The Morgan fingerprint density at radius 2 is 2.04 bits per heavy atom. The summed E-state index contributed by atoms with van der Waals surface area (Å²) < 4.78 is 5.40. The number of para-hydroxylation sites is 1. The molecule has 0 aliphatic heterocycles. The number of hydrogen-bond acceptors (Lipinski definition) is 6. The number of hydrogen-bond donors (Lipinski definition) is 1. The standard InChI is InChI=1S/C21H26N4OS/c1-25(18-8-3-2-4-9-18)14-16-7-5-6-10-19(16)22-13-20-23-21(24-26-20)17-11-12-27-15-17/h5-7,10-12,15,18,22H,2-4,8-9,13-14H2,1H3. The Morgan fingerprint density at radius 3 is 2.85 bits per heavy atom. The molecule has 0 radical (unpaired) electrons. The summed E-state index contributed by atoms with van der Waals surface area (Å²) in [6.45, 7) is 1.49. The molecule has 5 nitrogen and oxygen atoms in total. The van der Waals surface area contributed by atoms with Crippen molar-refractivity contribution in [3.63, 3.8) is 0 Å². The van der Waals surface area contributed by atoms with Crippen LogP contribution >= 0.6 is 11.3 Å². The van der Waals surface area contributed by atoms with Crippen LogP contribution in [0.1, 0.15) is 43.6 Å². The van der Waals surface area contributed by atoms with Crippen LogP contribution in [0.3, 0.4) is 0 Å². The average Bonchev–Trinajstić information content (AvgIpc) is 3.40. The fourth-order valence-corrected chi connectivity index (χ4v) is 4.39. The first-order chi connectivity index (χ1) is 13.3. The Labute approximate surface area is 164 Å². The average molecular weight is 383 g/mol. The van der Waals surface area contributed by atoms with Crippen molar-refractivity contribution in [1.29, 1.82) is 0 Å². The lowest BCUT2D eigenvalue weighted by molar-refractivity contribution is 0.185. The van der Waals surface area contributed by atoms with Gasteiger partial charge >= 0.3 is 0 Å². The van der Waals surface area contributed by atoms with Crippen molar-refractivity contribution < 1.29 is 4.52 Å². The highest BCUT2D eigenvalue weighted by atomic mass is 32.1. The molecule has 3 aromatic rings. The molecule has 0 saturated heterocycles. The minimum Gasteiger partial charge on any atom is -0.376 e. The van der Waals surface area contributed by atoms with E-state index >= 15 is 0 Å². The molecule has 6 heteroatoms. The molecular weight excluding hydrogens is 356 g/mol. The minimum atomic E-state index is 0.529. The fourth-order valence-electron chi connectivity index (χ4n) is 3.76. The van der Waals surface area contributed by atoms with Gasteiger partial charge in [0.15, 0.2) is 0 Å². The molecule has 4 rings (SSSR count). The van der Waals surface area contributed by atoms with Gasteiger partial charge in [-0.25, -0.2) is 0 Å². The van der Waals surface area contributed by atoms with E-state index in [4.69, 9.17) is 4.52 Å². The number of anilines is 1. The van der Waals surface area contributed by atoms with E-state index in [-0.39, 0.29) is 0 Å². The number of thiophene rings is 1. The first-order valence-electron chi connectivity index (χ1n) is 9.67. The molecule has 1 aromatic carbocycles. The molecule has 2 aromatic heterocycles. The van der Waals surface area contributed by atoms with Gasteiger partial charge < -0.3 is 9.84 Å². The summed E-state index contributed by atoms with van der Waals surface area (Å²) in [5, 5.41) is 11.6. The van der Waals surface area contributed by atoms with E-state index in [1.165, 1.54) is 37.7 Å². The SMILES string of the molecule is CN(Cc1ccccc1NCc1nc(-c2ccsc2)no1)C1CCCCC1. The van der Waals surface area contributed by atoms with Gasteiger partial charge in [0, 0.05) is 29.2 Å². The van der Waals surface area contributed by atoms with Crippen molar-refractivity contribution in [2.75, 3.05) is 12.4 Å². The highest BCUT2D eigenvalue weighted by Crippen LogP contribution is 2.25. The van der Waals surface area contributed by atoms with E-state index in [1.807, 2.05) is 16.8 Å². The maximum absolute atomic E-state index is 5.40. The van der Waals surface area contributed by atoms with Crippen molar-refractivity contribution in [2.24, 2.45) is 0 Å². The predicted octanol–water partition coefficient (Wildman–Crippen LogP) is 5.17. The van der Waals surface area contributed by atoms with Crippen LogP contribution in [0.4, 0.5) is 5.69 Å². The smallest absolute Gasteiger partial charge is 0.246 e. The summed E-state index contributed by atoms with van der Waals surface area (Å²) in [6.07, 6.45) is 6.75. The first-order valence-corrected chi connectivity index (χ1v) is 10.6. The first kappa shape index (κ1) is 18.2. The second kappa shape index (κ2) is 8.67. The van der Waals surface area contributed by atoms with Gasteiger partial charge in [0.25, 0.3) is 0 Å². The Bertz CT molecular complexity index is 840. The summed E-state index contributed by atoms with van der Waals surface area (Å²) in [5.74, 6) is 1.25. The molecule has 1 saturated carbocycles.